The van der Waals surface area contributed by atoms with Crippen LogP contribution >= 0.6 is 0 Å². The van der Waals surface area contributed by atoms with Gasteiger partial charge in [-0.1, -0.05) is 0 Å². The second kappa shape index (κ2) is 6.39. The molecule has 1 aliphatic carbocycles. The van der Waals surface area contributed by atoms with E-state index in [1.165, 1.54) is 12.8 Å². The maximum absolute atomic E-state index is 5.35. The van der Waals surface area contributed by atoms with E-state index in [9.17, 15) is 0 Å². The summed E-state index contributed by atoms with van der Waals surface area (Å²) in [6.45, 7) is 5.64. The van der Waals surface area contributed by atoms with E-state index in [-0.39, 0.29) is 0 Å². The largest absolute Gasteiger partial charge is 0.469 e. The zero-order chi connectivity index (χ0) is 13.0. The van der Waals surface area contributed by atoms with E-state index in [1.807, 2.05) is 6.07 Å². The summed E-state index contributed by atoms with van der Waals surface area (Å²) >= 11 is 0. The smallest absolute Gasteiger partial charge is 0.103 e. The first-order valence-corrected chi connectivity index (χ1v) is 7.14. The van der Waals surface area contributed by atoms with Gasteiger partial charge in [-0.15, -0.1) is 0 Å². The summed E-state index contributed by atoms with van der Waals surface area (Å²) in [5.41, 5.74) is 0. The molecule has 0 radical (unpaired) electrons. The number of aryl methyl sites for hydroxylation is 1. The molecule has 0 aromatic carbocycles. The molecule has 3 heteroatoms. The lowest BCUT2D eigenvalue weighted by atomic mass is 10.1. The molecule has 0 saturated heterocycles. The van der Waals surface area contributed by atoms with Crippen molar-refractivity contribution in [3.8, 4) is 0 Å². The van der Waals surface area contributed by atoms with Crippen LogP contribution < -0.4 is 5.32 Å². The molecule has 1 heterocycles. The molecular weight excluding hydrogens is 224 g/mol. The van der Waals surface area contributed by atoms with Gasteiger partial charge in [0, 0.05) is 31.1 Å². The Labute approximate surface area is 111 Å². The van der Waals surface area contributed by atoms with Gasteiger partial charge < -0.3 is 9.73 Å². The van der Waals surface area contributed by atoms with E-state index in [0.717, 1.165) is 31.2 Å². The Balaban J connectivity index is 1.60. The topological polar surface area (TPSA) is 28.4 Å². The maximum atomic E-state index is 5.35. The number of nitrogens with one attached hydrogen (secondary N) is 1. The van der Waals surface area contributed by atoms with Crippen LogP contribution in [0, 0.1) is 0 Å². The molecule has 1 saturated carbocycles. The molecule has 0 bridgehead atoms. The summed E-state index contributed by atoms with van der Waals surface area (Å²) in [5, 5.41) is 3.63. The first kappa shape index (κ1) is 13.6. The van der Waals surface area contributed by atoms with Crippen LogP contribution in [0.25, 0.3) is 0 Å². The van der Waals surface area contributed by atoms with E-state index in [0.29, 0.717) is 12.1 Å². The van der Waals surface area contributed by atoms with Crippen LogP contribution in [0.15, 0.2) is 22.8 Å². The van der Waals surface area contributed by atoms with E-state index in [4.69, 9.17) is 4.42 Å². The summed E-state index contributed by atoms with van der Waals surface area (Å²) in [4.78, 5) is 2.51. The van der Waals surface area contributed by atoms with Crippen molar-refractivity contribution in [3.05, 3.63) is 24.2 Å². The van der Waals surface area contributed by atoms with Gasteiger partial charge in [0.05, 0.1) is 6.26 Å². The lowest BCUT2D eigenvalue weighted by Crippen LogP contribution is -2.42. The van der Waals surface area contributed by atoms with Crippen LogP contribution in [0.4, 0.5) is 0 Å². The van der Waals surface area contributed by atoms with E-state index >= 15 is 0 Å². The van der Waals surface area contributed by atoms with Crippen molar-refractivity contribution in [2.75, 3.05) is 13.6 Å². The van der Waals surface area contributed by atoms with Crippen LogP contribution in [0.1, 0.15) is 38.9 Å². The van der Waals surface area contributed by atoms with Crippen LogP contribution in [-0.2, 0) is 6.42 Å². The zero-order valence-corrected chi connectivity index (χ0v) is 11.9. The molecule has 2 rings (SSSR count). The molecule has 1 aliphatic rings. The molecule has 1 fully saturated rings. The van der Waals surface area contributed by atoms with E-state index < -0.39 is 0 Å². The molecule has 2 atom stereocenters. The molecule has 102 valence electrons. The molecule has 0 aliphatic heterocycles. The lowest BCUT2D eigenvalue weighted by molar-refractivity contribution is 0.235. The average Bonchev–Trinajstić information content (AvgIpc) is 3.09. The standard InChI is InChI=1S/C15H26N2O/c1-12(6-9-15-5-4-10-18-15)16-11-13(2)17(3)14-7-8-14/h4-5,10,12-14,16H,6-9,11H2,1-3H3. The highest BCUT2D eigenvalue weighted by molar-refractivity contribution is 4.98. The minimum absolute atomic E-state index is 0.546. The molecule has 1 aromatic rings. The van der Waals surface area contributed by atoms with Crippen LogP contribution in [-0.4, -0.2) is 36.6 Å². The van der Waals surface area contributed by atoms with Gasteiger partial charge in [0.1, 0.15) is 5.76 Å². The fourth-order valence-corrected chi connectivity index (χ4v) is 2.27. The third kappa shape index (κ3) is 4.14. The SMILES string of the molecule is CC(CCc1ccco1)NCC(C)N(C)C1CC1. The molecule has 1 N–H and O–H groups in total. The van der Waals surface area contributed by atoms with Crippen molar-refractivity contribution in [1.82, 2.24) is 10.2 Å². The Kier molecular flexibility index (Phi) is 4.84. The summed E-state index contributed by atoms with van der Waals surface area (Å²) in [5.74, 6) is 1.09. The normalized spacial score (nSPS) is 19.1. The fraction of sp³-hybridized carbons (Fsp3) is 0.733. The third-order valence-corrected chi connectivity index (χ3v) is 3.98. The molecule has 0 spiro atoms. The van der Waals surface area contributed by atoms with Crippen molar-refractivity contribution >= 4 is 0 Å². The van der Waals surface area contributed by atoms with Crippen LogP contribution in [0.2, 0.25) is 0 Å². The Morgan fingerprint density at radius 2 is 2.22 bits per heavy atom. The Bertz CT molecular complexity index is 332. The van der Waals surface area contributed by atoms with Gasteiger partial charge in [0.25, 0.3) is 0 Å². The summed E-state index contributed by atoms with van der Waals surface area (Å²) in [6, 6.07) is 6.03. The minimum atomic E-state index is 0.546. The highest BCUT2D eigenvalue weighted by atomic mass is 16.3. The third-order valence-electron chi connectivity index (χ3n) is 3.98. The van der Waals surface area contributed by atoms with Gasteiger partial charge in [0.2, 0.25) is 0 Å². The second-order valence-corrected chi connectivity index (χ2v) is 5.67. The Morgan fingerprint density at radius 1 is 1.44 bits per heavy atom. The van der Waals surface area contributed by atoms with Gasteiger partial charge in [0.15, 0.2) is 0 Å². The van der Waals surface area contributed by atoms with E-state index in [2.05, 4.69) is 37.2 Å². The molecule has 18 heavy (non-hydrogen) atoms. The van der Waals surface area contributed by atoms with Crippen LogP contribution in [0.3, 0.4) is 0 Å². The summed E-state index contributed by atoms with van der Waals surface area (Å²) in [7, 11) is 2.25. The molecular formula is C15H26N2O. The number of nitrogens with zero attached hydrogens (tertiary/aromatic N) is 1. The second-order valence-electron chi connectivity index (χ2n) is 5.67. The van der Waals surface area contributed by atoms with Crippen molar-refractivity contribution in [2.24, 2.45) is 0 Å². The van der Waals surface area contributed by atoms with Crippen molar-refractivity contribution in [1.29, 1.82) is 0 Å². The van der Waals surface area contributed by atoms with Gasteiger partial charge >= 0.3 is 0 Å². The van der Waals surface area contributed by atoms with Gasteiger partial charge in [-0.2, -0.15) is 0 Å². The first-order chi connectivity index (χ1) is 8.66. The number of furan rings is 1. The predicted octanol–water partition coefficient (Wildman–Crippen LogP) is 2.67. The first-order valence-electron chi connectivity index (χ1n) is 7.14. The van der Waals surface area contributed by atoms with Crippen LogP contribution in [0.5, 0.6) is 0 Å². The maximum Gasteiger partial charge on any atom is 0.103 e. The highest BCUT2D eigenvalue weighted by Crippen LogP contribution is 2.26. The van der Waals surface area contributed by atoms with Crippen molar-refractivity contribution in [2.45, 2.75) is 57.7 Å². The molecule has 2 unspecified atom stereocenters. The Hall–Kier alpha value is -0.800. The number of likely N-dealkylation sites (N-methyl/N-ethyl adjacent to an activating group) is 1. The number of hydrogen-bond donors (Lipinski definition) is 1. The molecule has 3 nitrogen and oxygen atoms in total. The molecule has 0 amide bonds. The zero-order valence-electron chi connectivity index (χ0n) is 11.9. The lowest BCUT2D eigenvalue weighted by Gasteiger charge is -2.26. The summed E-state index contributed by atoms with van der Waals surface area (Å²) < 4.78 is 5.35. The summed E-state index contributed by atoms with van der Waals surface area (Å²) in [6.07, 6.45) is 6.67. The average molecular weight is 250 g/mol. The number of rotatable bonds is 8. The predicted molar refractivity (Wildman–Crippen MR) is 74.7 cm³/mol. The van der Waals surface area contributed by atoms with Gasteiger partial charge in [-0.05, 0) is 52.3 Å². The quantitative estimate of drug-likeness (QED) is 0.769. The molecule has 1 aromatic heterocycles. The van der Waals surface area contributed by atoms with Crippen molar-refractivity contribution < 1.29 is 4.42 Å². The van der Waals surface area contributed by atoms with Crippen molar-refractivity contribution in [3.63, 3.8) is 0 Å². The van der Waals surface area contributed by atoms with Gasteiger partial charge in [-0.25, -0.2) is 0 Å². The highest BCUT2D eigenvalue weighted by Gasteiger charge is 2.28. The number of hydrogen-bond acceptors (Lipinski definition) is 3. The fourth-order valence-electron chi connectivity index (χ4n) is 2.27. The minimum Gasteiger partial charge on any atom is -0.469 e. The van der Waals surface area contributed by atoms with Gasteiger partial charge in [-0.3, -0.25) is 4.90 Å². The monoisotopic (exact) mass is 250 g/mol. The van der Waals surface area contributed by atoms with E-state index in [1.54, 1.807) is 6.26 Å². The Morgan fingerprint density at radius 3 is 2.83 bits per heavy atom.